The molecule has 2 bridgehead atoms. The van der Waals surface area contributed by atoms with Gasteiger partial charge in [-0.05, 0) is 91.0 Å². The van der Waals surface area contributed by atoms with Crippen LogP contribution in [0.25, 0.3) is 10.8 Å². The Labute approximate surface area is 184 Å². The monoisotopic (exact) mass is 413 g/mol. The van der Waals surface area contributed by atoms with Gasteiger partial charge in [-0.25, -0.2) is 0 Å². The third-order valence-electron chi connectivity index (χ3n) is 8.60. The van der Waals surface area contributed by atoms with E-state index in [9.17, 15) is 4.79 Å². The number of pyridine rings is 1. The Kier molecular flexibility index (Phi) is 4.47. The zero-order valence-corrected chi connectivity index (χ0v) is 18.4. The number of benzene rings is 1. The van der Waals surface area contributed by atoms with Gasteiger partial charge in [0.05, 0.1) is 11.2 Å². The molecule has 2 aliphatic carbocycles. The fraction of sp³-hybridized carbons (Fsp3) is 0.500. The molecule has 3 heteroatoms. The van der Waals surface area contributed by atoms with E-state index in [0.29, 0.717) is 30.5 Å². The largest absolute Gasteiger partial charge is 0.359 e. The van der Waals surface area contributed by atoms with Crippen molar-refractivity contribution in [2.75, 3.05) is 0 Å². The molecule has 3 nitrogen and oxygen atoms in total. The second-order valence-electron chi connectivity index (χ2n) is 10.3. The van der Waals surface area contributed by atoms with Crippen LogP contribution in [0.3, 0.4) is 0 Å². The van der Waals surface area contributed by atoms with Crippen molar-refractivity contribution in [3.63, 3.8) is 0 Å². The van der Waals surface area contributed by atoms with Gasteiger partial charge < -0.3 is 4.74 Å². The van der Waals surface area contributed by atoms with Crippen molar-refractivity contribution >= 4 is 16.6 Å². The molecule has 4 aliphatic rings. The maximum Gasteiger partial charge on any atom is 0.136 e. The molecule has 0 N–H and O–H groups in total. The number of allylic oxidation sites excluding steroid dienone is 1. The highest BCUT2D eigenvalue weighted by Gasteiger charge is 2.58. The van der Waals surface area contributed by atoms with Crippen LogP contribution >= 0.6 is 0 Å². The number of fused-ring (bicyclic) bond motifs is 1. The van der Waals surface area contributed by atoms with Crippen molar-refractivity contribution in [2.45, 2.75) is 81.8 Å². The lowest BCUT2D eigenvalue weighted by Gasteiger charge is -2.46. The van der Waals surface area contributed by atoms with E-state index >= 15 is 0 Å². The van der Waals surface area contributed by atoms with Crippen LogP contribution in [-0.4, -0.2) is 22.0 Å². The lowest BCUT2D eigenvalue weighted by atomic mass is 9.75. The van der Waals surface area contributed by atoms with Gasteiger partial charge in [-0.1, -0.05) is 31.2 Å². The number of aromatic nitrogens is 1. The van der Waals surface area contributed by atoms with Crippen LogP contribution in [0, 0.1) is 5.92 Å². The number of ketones is 1. The molecule has 3 heterocycles. The minimum atomic E-state index is -0.292. The summed E-state index contributed by atoms with van der Waals surface area (Å²) < 4.78 is 6.99. The maximum absolute atomic E-state index is 12.3. The summed E-state index contributed by atoms with van der Waals surface area (Å²) >= 11 is 0. The molecule has 2 aliphatic heterocycles. The highest BCUT2D eigenvalue weighted by atomic mass is 16.5. The predicted octanol–water partition coefficient (Wildman–Crippen LogP) is 6.44. The summed E-state index contributed by atoms with van der Waals surface area (Å²) in [6.45, 7) is 2.38. The first-order valence-corrected chi connectivity index (χ1v) is 12.1. The maximum atomic E-state index is 12.3. The van der Waals surface area contributed by atoms with E-state index in [-0.39, 0.29) is 11.2 Å². The second-order valence-corrected chi connectivity index (χ2v) is 10.3. The SMILES string of the molecule is C[C@H]1CCC(c2ccc3ccncc3c2)CC/C=C2/C=C3CCC(=O)C[C@]34CC[C@@]21O4. The fourth-order valence-electron chi connectivity index (χ4n) is 6.75. The van der Waals surface area contributed by atoms with Gasteiger partial charge in [0, 0.05) is 30.6 Å². The van der Waals surface area contributed by atoms with E-state index in [1.807, 2.05) is 12.4 Å². The molecule has 2 aromatic rings. The topological polar surface area (TPSA) is 39.2 Å². The smallest absolute Gasteiger partial charge is 0.136 e. The normalized spacial score (nSPS) is 37.0. The molecule has 1 saturated carbocycles. The lowest BCUT2D eigenvalue weighted by Crippen LogP contribution is -2.48. The van der Waals surface area contributed by atoms with Crippen molar-refractivity contribution in [2.24, 2.45) is 5.92 Å². The van der Waals surface area contributed by atoms with Gasteiger partial charge in [-0.2, -0.15) is 0 Å². The van der Waals surface area contributed by atoms with Crippen LogP contribution < -0.4 is 0 Å². The first-order valence-electron chi connectivity index (χ1n) is 12.1. The Hall–Kier alpha value is -2.26. The number of carbonyl (C=O) groups excluding carboxylic acids is 1. The van der Waals surface area contributed by atoms with E-state index in [1.54, 1.807) is 0 Å². The minimum Gasteiger partial charge on any atom is -0.359 e. The van der Waals surface area contributed by atoms with Crippen molar-refractivity contribution in [3.8, 4) is 0 Å². The molecule has 31 heavy (non-hydrogen) atoms. The van der Waals surface area contributed by atoms with Gasteiger partial charge >= 0.3 is 0 Å². The van der Waals surface area contributed by atoms with Crippen LogP contribution in [-0.2, 0) is 9.53 Å². The molecular weight excluding hydrogens is 382 g/mol. The first kappa shape index (κ1) is 19.4. The van der Waals surface area contributed by atoms with Crippen LogP contribution in [0.4, 0.5) is 0 Å². The zero-order valence-electron chi connectivity index (χ0n) is 18.4. The molecule has 2 spiro atoms. The Bertz CT molecular complexity index is 1110. The predicted molar refractivity (Wildman–Crippen MR) is 123 cm³/mol. The summed E-state index contributed by atoms with van der Waals surface area (Å²) in [7, 11) is 0. The molecule has 1 aromatic heterocycles. The molecule has 1 aromatic carbocycles. The Morgan fingerprint density at radius 2 is 2.00 bits per heavy atom. The summed E-state index contributed by atoms with van der Waals surface area (Å²) in [5.41, 5.74) is 3.75. The summed E-state index contributed by atoms with van der Waals surface area (Å²) in [6.07, 6.45) is 17.6. The fourth-order valence-corrected chi connectivity index (χ4v) is 6.75. The van der Waals surface area contributed by atoms with Gasteiger partial charge in [0.25, 0.3) is 0 Å². The van der Waals surface area contributed by atoms with E-state index in [1.165, 1.54) is 40.3 Å². The van der Waals surface area contributed by atoms with Gasteiger partial charge in [0.15, 0.2) is 0 Å². The average Bonchev–Trinajstić information content (AvgIpc) is 3.13. The number of Topliss-reactive ketones (excluding diaryl/α,β-unsaturated/α-hetero) is 1. The summed E-state index contributed by atoms with van der Waals surface area (Å²) in [5, 5.41) is 2.49. The molecule has 160 valence electrons. The Balaban J connectivity index is 1.32. The summed E-state index contributed by atoms with van der Waals surface area (Å²) in [5.74, 6) is 1.39. The van der Waals surface area contributed by atoms with E-state index in [2.05, 4.69) is 48.3 Å². The standard InChI is InChI=1S/C28H31NO2/c1-19-5-6-20(22-8-7-21-11-14-29-18-23(21)15-22)3-2-4-25-16-24-9-10-26(30)17-27(24)12-13-28(19,25)31-27/h4,7-8,11,14-16,18-20H,2-3,5-6,9-10,12-13,17H2,1H3/b25-4-/t19-,20?,27+,28-/m0/s1. The first-order chi connectivity index (χ1) is 15.1. The molecule has 0 amide bonds. The van der Waals surface area contributed by atoms with Gasteiger partial charge in [0.1, 0.15) is 5.78 Å². The second kappa shape index (κ2) is 7.13. The third kappa shape index (κ3) is 3.04. The highest BCUT2D eigenvalue weighted by molar-refractivity contribution is 5.83. The van der Waals surface area contributed by atoms with Crippen molar-refractivity contribution in [1.29, 1.82) is 0 Å². The van der Waals surface area contributed by atoms with Crippen molar-refractivity contribution < 1.29 is 9.53 Å². The van der Waals surface area contributed by atoms with E-state index < -0.39 is 0 Å². The van der Waals surface area contributed by atoms with Gasteiger partial charge in [-0.3, -0.25) is 9.78 Å². The molecule has 6 rings (SSSR count). The van der Waals surface area contributed by atoms with E-state index in [0.717, 1.165) is 32.1 Å². The molecule has 4 atom stereocenters. The lowest BCUT2D eigenvalue weighted by molar-refractivity contribution is -0.137. The molecule has 1 unspecified atom stereocenters. The molecule has 1 saturated heterocycles. The number of rotatable bonds is 1. The quantitative estimate of drug-likeness (QED) is 0.540. The zero-order chi connectivity index (χ0) is 21.1. The molecule has 0 radical (unpaired) electrons. The average molecular weight is 414 g/mol. The van der Waals surface area contributed by atoms with Crippen LogP contribution in [0.5, 0.6) is 0 Å². The number of carbonyl (C=O) groups is 1. The summed E-state index contributed by atoms with van der Waals surface area (Å²) in [4.78, 5) is 16.6. The van der Waals surface area contributed by atoms with Crippen LogP contribution in [0.1, 0.15) is 76.2 Å². The number of ether oxygens (including phenoxy) is 1. The number of hydrogen-bond acceptors (Lipinski definition) is 3. The Morgan fingerprint density at radius 3 is 2.94 bits per heavy atom. The molecule has 2 fully saturated rings. The van der Waals surface area contributed by atoms with Gasteiger partial charge in [-0.15, -0.1) is 0 Å². The molecular formula is C28H31NO2. The van der Waals surface area contributed by atoms with Crippen molar-refractivity contribution in [3.05, 3.63) is 65.5 Å². The van der Waals surface area contributed by atoms with Gasteiger partial charge in [0.2, 0.25) is 0 Å². The minimum absolute atomic E-state index is 0.191. The highest BCUT2D eigenvalue weighted by Crippen LogP contribution is 2.58. The van der Waals surface area contributed by atoms with Crippen LogP contribution in [0.15, 0.2) is 60.0 Å². The third-order valence-corrected chi connectivity index (χ3v) is 8.60. The Morgan fingerprint density at radius 1 is 1.06 bits per heavy atom. The van der Waals surface area contributed by atoms with E-state index in [4.69, 9.17) is 4.74 Å². The number of hydrogen-bond donors (Lipinski definition) is 0. The number of nitrogens with zero attached hydrogens (tertiary/aromatic N) is 1. The summed E-state index contributed by atoms with van der Waals surface area (Å²) in [6, 6.07) is 8.99. The van der Waals surface area contributed by atoms with Crippen LogP contribution in [0.2, 0.25) is 0 Å². The van der Waals surface area contributed by atoms with Crippen molar-refractivity contribution in [1.82, 2.24) is 4.98 Å².